The number of benzene rings is 10. The minimum Gasteiger partial charge on any atom is -0.494 e. The number of rotatable bonds is 37. The number of hydrogen-bond donors (Lipinski definition) is 3. The zero-order valence-corrected chi connectivity index (χ0v) is 92.2. The molecule has 27 heteroatoms. The molecule has 0 spiro atoms. The van der Waals surface area contributed by atoms with Gasteiger partial charge in [0.05, 0.1) is 53.0 Å². The van der Waals surface area contributed by atoms with E-state index >= 15 is 0 Å². The van der Waals surface area contributed by atoms with Crippen LogP contribution in [0, 0.1) is 76.2 Å². The lowest BCUT2D eigenvalue weighted by Crippen LogP contribution is -2.31. The third-order valence-electron chi connectivity index (χ3n) is 29.6. The van der Waals surface area contributed by atoms with Crippen molar-refractivity contribution in [1.82, 2.24) is 59.1 Å². The predicted molar refractivity (Wildman–Crippen MR) is 599 cm³/mol. The van der Waals surface area contributed by atoms with E-state index in [0.717, 1.165) is 246 Å². The number of amides is 3. The number of hydrogen-bond acceptors (Lipinski definition) is 16. The Kier molecular flexibility index (Phi) is 35.0. The van der Waals surface area contributed by atoms with Crippen LogP contribution in [0.1, 0.15) is 237 Å². The number of aromatic nitrogens is 7. The Hall–Kier alpha value is -13.6. The molecule has 0 saturated carbocycles. The number of likely N-dealkylation sites (tertiary alicyclic amines) is 2. The van der Waals surface area contributed by atoms with Crippen LogP contribution < -0.4 is 29.6 Å². The molecule has 3 N–H and O–H groups in total. The van der Waals surface area contributed by atoms with Crippen LogP contribution in [-0.2, 0) is 99.7 Å². The zero-order valence-electron chi connectivity index (χ0n) is 89.1. The van der Waals surface area contributed by atoms with Crippen molar-refractivity contribution in [2.45, 2.75) is 211 Å². The molecule has 3 amide bonds. The van der Waals surface area contributed by atoms with Crippen molar-refractivity contribution in [3.8, 4) is 50.6 Å². The number of nitrogens with zero attached hydrogens (tertiary/aromatic N) is 9. The number of fused-ring (bicyclic) bond motifs is 3. The summed E-state index contributed by atoms with van der Waals surface area (Å²) >= 11 is 19.1. The van der Waals surface area contributed by atoms with Gasteiger partial charge in [-0.25, -0.2) is 13.1 Å². The molecule has 0 radical (unpaired) electrons. The molecule has 0 atom stereocenters. The number of ether oxygens (including phenoxy) is 3. The molecule has 14 aromatic rings. The minimum absolute atomic E-state index is 0.00730. The van der Waals surface area contributed by atoms with Crippen molar-refractivity contribution in [3.05, 3.63) is 354 Å². The summed E-state index contributed by atoms with van der Waals surface area (Å²) in [5.41, 5.74) is 34.4. The first-order valence-corrected chi connectivity index (χ1v) is 54.5. The maximum atomic E-state index is 14.3. The van der Waals surface area contributed by atoms with Crippen LogP contribution in [0.2, 0.25) is 15.1 Å². The van der Waals surface area contributed by atoms with Gasteiger partial charge in [0.15, 0.2) is 17.3 Å². The molecule has 780 valence electrons. The maximum absolute atomic E-state index is 14.3. The lowest BCUT2D eigenvalue weighted by Gasteiger charge is -2.16. The fourth-order valence-electron chi connectivity index (χ4n) is 21.6. The maximum Gasteiger partial charge on any atom is 0.265 e. The van der Waals surface area contributed by atoms with E-state index < -0.39 is 15.9 Å². The highest BCUT2D eigenvalue weighted by atomic mass is 35.5. The van der Waals surface area contributed by atoms with Crippen molar-refractivity contribution in [1.29, 1.82) is 0 Å². The van der Waals surface area contributed by atoms with Crippen LogP contribution in [-0.4, -0.2) is 133 Å². The average molecular weight is 2100 g/mol. The summed E-state index contributed by atoms with van der Waals surface area (Å²) in [6, 6.07) is 59.0. The van der Waals surface area contributed by atoms with Gasteiger partial charge in [-0.15, -0.1) is 0 Å². The van der Waals surface area contributed by atoms with Gasteiger partial charge < -0.3 is 29.4 Å². The number of aryl methyl sites for hydroxylation is 14. The Morgan fingerprint density at radius 2 is 0.787 bits per heavy atom. The lowest BCUT2D eigenvalue weighted by molar-refractivity contribution is -0.118. The fourth-order valence-corrected chi connectivity index (χ4v) is 23.2. The summed E-state index contributed by atoms with van der Waals surface area (Å²) in [4.78, 5) is 84.3. The van der Waals surface area contributed by atoms with Gasteiger partial charge in [-0.05, 0) is 359 Å². The molecule has 0 bridgehead atoms. The van der Waals surface area contributed by atoms with Gasteiger partial charge in [-0.1, -0.05) is 156 Å². The quantitative estimate of drug-likeness (QED) is 0.0241. The van der Waals surface area contributed by atoms with Crippen LogP contribution in [0.25, 0.3) is 55.4 Å². The Balaban J connectivity index is 0.000000162. The second-order valence-electron chi connectivity index (χ2n) is 40.4. The van der Waals surface area contributed by atoms with Crippen molar-refractivity contribution in [2.24, 2.45) is 28.2 Å². The summed E-state index contributed by atoms with van der Waals surface area (Å²) in [5.74, 6) is 1.47. The molecule has 2 fully saturated rings. The third kappa shape index (κ3) is 24.8. The van der Waals surface area contributed by atoms with Gasteiger partial charge in [0.2, 0.25) is 11.8 Å². The summed E-state index contributed by atoms with van der Waals surface area (Å²) in [7, 11) is 3.88. The van der Waals surface area contributed by atoms with Crippen molar-refractivity contribution in [2.75, 3.05) is 46.0 Å². The molecule has 150 heavy (non-hydrogen) atoms. The average Bonchev–Trinajstić information content (AvgIpc) is 1.77. The van der Waals surface area contributed by atoms with Crippen LogP contribution in [0.5, 0.6) is 17.2 Å². The standard InChI is InChI=1S/C46H50ClN5O5S.C40H45ClN4O3.C37H40ClN3O3/c1-29-13-6-7-19-42(29)58(55,56)50-45(53)34-15-10-14-33(25-34)27-48-46(54)40-26-39-36(37(40)18-12-22-57-35-23-30(2)44(47)31(3)24-35)16-11-17-38(39)43-32(4)51(5)49-41(43)28-52-20-8-9-21-52;1-25-19-31(20-26(2)39(25)41)48-18-10-15-33-32-13-9-14-34(38-27(3)44(5)43-37(38)24-45-16-6-7-17-45)35(32)22-36(33)40(47)42-23-29-11-8-12-30(21-29)28(4)46;1-22-19-29(20-23(2)35(22)38)44-18-10-15-31-30-13-9-14-32(34-24(3)39-41(7)25(34)4)36(30)40(6)37(31)33(43)17-16-27-11-8-12-28(21-27)26(5)42/h6-7,10-11,13-17,19,23-25H,8-9,12,18,20-22,26-28H2,1-5H3,(H,48,54)(H,50,53);8-9,11-14,19-21H,6-7,10,15-18,22-24H2,1-5H3,(H,42,47);8-9,11-14,19-21H,10,15-18H2,1-7H3. The molecule has 2 aliphatic heterocycles. The molecule has 0 unspecified atom stereocenters. The van der Waals surface area contributed by atoms with Crippen LogP contribution in [0.3, 0.4) is 0 Å². The normalized spacial score (nSPS) is 13.4. The highest BCUT2D eigenvalue weighted by Gasteiger charge is 2.35. The molecular formula is C123H135Cl3N12O11S. The van der Waals surface area contributed by atoms with E-state index in [2.05, 4.69) is 110 Å². The Morgan fingerprint density at radius 3 is 1.23 bits per heavy atom. The number of para-hydroxylation sites is 1. The number of halogens is 3. The van der Waals surface area contributed by atoms with Gasteiger partial charge >= 0.3 is 0 Å². The SMILES string of the molecule is CC(=O)c1cccc(CCC(=O)c2c(CCCOc3cc(C)c(Cl)c(C)c3)c3cccc(-c4c(C)nn(C)c4C)c3n2C)c1.CC(=O)c1cccc(CNC(=O)C2=C(CCCOc3cc(C)c(Cl)c(C)c3)c3cccc(-c4c(CN5CCCC5)nn(C)c4C)c3C2)c1.Cc1ccccc1S(=O)(=O)NC(=O)c1cccc(CNC(=O)C2=C(CCCOc3cc(C)c(Cl)c(C)c3)c3cccc(-c4c(CN5CCCC5)nn(C)c4C)c3C2)c1. The molecule has 23 nitrogen and oxygen atoms in total. The summed E-state index contributed by atoms with van der Waals surface area (Å²) in [5, 5.41) is 24.2. The molecule has 6 heterocycles. The number of carbonyl (C=O) groups excluding carboxylic acids is 6. The van der Waals surface area contributed by atoms with Gasteiger partial charge in [-0.2, -0.15) is 15.3 Å². The van der Waals surface area contributed by atoms with Crippen molar-refractivity contribution < 1.29 is 51.4 Å². The first kappa shape index (κ1) is 109. The van der Waals surface area contributed by atoms with Crippen molar-refractivity contribution in [3.63, 3.8) is 0 Å². The largest absolute Gasteiger partial charge is 0.494 e. The summed E-state index contributed by atoms with van der Waals surface area (Å²) < 4.78 is 54.7. The molecule has 2 aliphatic carbocycles. The van der Waals surface area contributed by atoms with Crippen molar-refractivity contribution >= 4 is 102 Å². The first-order chi connectivity index (χ1) is 71.9. The summed E-state index contributed by atoms with van der Waals surface area (Å²) in [6.07, 6.45) is 11.0. The van der Waals surface area contributed by atoms with Gasteiger partial charge in [0.25, 0.3) is 15.9 Å². The van der Waals surface area contributed by atoms with Gasteiger partial charge in [0, 0.05) is 161 Å². The van der Waals surface area contributed by atoms with Crippen LogP contribution in [0.4, 0.5) is 0 Å². The van der Waals surface area contributed by atoms with Crippen LogP contribution in [0.15, 0.2) is 204 Å². The van der Waals surface area contributed by atoms with E-state index in [1.807, 2.05) is 170 Å². The topological polar surface area (TPSA) is 265 Å². The van der Waals surface area contributed by atoms with E-state index in [-0.39, 0.29) is 46.2 Å². The lowest BCUT2D eigenvalue weighted by atomic mass is 9.92. The third-order valence-corrected chi connectivity index (χ3v) is 32.9. The zero-order chi connectivity index (χ0) is 107. The number of carbonyl (C=O) groups is 6. The number of nitrogens with one attached hydrogen (secondary N) is 3. The van der Waals surface area contributed by atoms with E-state index in [1.54, 1.807) is 69.3 Å². The van der Waals surface area contributed by atoms with Gasteiger partial charge in [0.1, 0.15) is 17.2 Å². The smallest absolute Gasteiger partial charge is 0.265 e. The molecule has 18 rings (SSSR count). The van der Waals surface area contributed by atoms with E-state index in [4.69, 9.17) is 59.2 Å². The highest BCUT2D eigenvalue weighted by Crippen LogP contribution is 2.47. The molecule has 4 aromatic heterocycles. The molecule has 4 aliphatic rings. The number of allylic oxidation sites excluding steroid dienone is 2. The van der Waals surface area contributed by atoms with E-state index in [0.29, 0.717) is 106 Å². The van der Waals surface area contributed by atoms with Crippen LogP contribution >= 0.6 is 34.8 Å². The fraction of sp³-hybridized carbons (Fsp3) is 0.341. The Bertz CT molecular complexity index is 7680. The Labute approximate surface area is 896 Å². The second-order valence-corrected chi connectivity index (χ2v) is 43.2. The second kappa shape index (κ2) is 48.1. The predicted octanol–water partition coefficient (Wildman–Crippen LogP) is 24.6. The number of Topliss-reactive ketones (excluding diaryl/α,β-unsaturated/α-hetero) is 3. The highest BCUT2D eigenvalue weighted by molar-refractivity contribution is 7.90. The first-order valence-electron chi connectivity index (χ1n) is 51.9. The van der Waals surface area contributed by atoms with E-state index in [1.165, 1.54) is 42.9 Å². The van der Waals surface area contributed by atoms with Gasteiger partial charge in [-0.3, -0.25) is 52.6 Å². The monoisotopic (exact) mass is 2090 g/mol. The Morgan fingerprint density at radius 1 is 0.400 bits per heavy atom. The molecule has 10 aromatic carbocycles. The number of ketones is 3. The summed E-state index contributed by atoms with van der Waals surface area (Å²) in [6.45, 7) is 33.0. The molecular weight excluding hydrogens is 1960 g/mol. The molecule has 2 saturated heterocycles. The van der Waals surface area contributed by atoms with E-state index in [9.17, 15) is 37.2 Å². The minimum atomic E-state index is -4.08. The number of sulfonamides is 1.